The Hall–Kier alpha value is -1.18. The van der Waals surface area contributed by atoms with Crippen molar-refractivity contribution in [2.24, 2.45) is 0 Å². The van der Waals surface area contributed by atoms with E-state index < -0.39 is 11.6 Å². The minimum atomic E-state index is -0.808. The summed E-state index contributed by atoms with van der Waals surface area (Å²) in [4.78, 5) is 24.7. The molecule has 20 heavy (non-hydrogen) atoms. The molecule has 0 aliphatic carbocycles. The fourth-order valence-electron chi connectivity index (χ4n) is 2.16. The van der Waals surface area contributed by atoms with E-state index in [1.54, 1.807) is 11.9 Å². The van der Waals surface area contributed by atoms with Crippen molar-refractivity contribution < 1.29 is 19.4 Å². The van der Waals surface area contributed by atoms with Gasteiger partial charge in [0.05, 0.1) is 12.1 Å². The molecule has 116 valence electrons. The maximum Gasteiger partial charge on any atom is 0.321 e. The Balaban J connectivity index is 2.28. The van der Waals surface area contributed by atoms with Gasteiger partial charge in [0.15, 0.2) is 0 Å². The molecule has 3 amide bonds. The Morgan fingerprint density at radius 2 is 2.00 bits per heavy atom. The van der Waals surface area contributed by atoms with Crippen molar-refractivity contribution in [3.8, 4) is 0 Å². The second-order valence-corrected chi connectivity index (χ2v) is 5.31. The van der Waals surface area contributed by atoms with Gasteiger partial charge in [0, 0.05) is 39.1 Å². The number of carbonyl (C=O) groups is 2. The molecule has 0 unspecified atom stereocenters. The molecule has 1 saturated heterocycles. The number of imide groups is 1. The Morgan fingerprint density at radius 3 is 2.60 bits per heavy atom. The number of aliphatic hydroxyl groups is 1. The summed E-state index contributed by atoms with van der Waals surface area (Å²) in [6.45, 7) is 4.01. The highest BCUT2D eigenvalue weighted by Crippen LogP contribution is 2.20. The van der Waals surface area contributed by atoms with E-state index in [1.807, 2.05) is 6.92 Å². The van der Waals surface area contributed by atoms with Crippen LogP contribution in [0.2, 0.25) is 0 Å². The van der Waals surface area contributed by atoms with Crippen LogP contribution in [-0.4, -0.2) is 67.4 Å². The van der Waals surface area contributed by atoms with Crippen LogP contribution in [0.15, 0.2) is 0 Å². The van der Waals surface area contributed by atoms with Crippen LogP contribution in [0, 0.1) is 0 Å². The first-order valence-electron chi connectivity index (χ1n) is 7.01. The van der Waals surface area contributed by atoms with Crippen LogP contribution in [-0.2, 0) is 9.53 Å². The molecule has 1 aliphatic rings. The first-order valence-corrected chi connectivity index (χ1v) is 7.01. The van der Waals surface area contributed by atoms with Gasteiger partial charge in [0.2, 0.25) is 5.91 Å². The van der Waals surface area contributed by atoms with E-state index in [0.717, 1.165) is 6.42 Å². The smallest absolute Gasteiger partial charge is 0.321 e. The second-order valence-electron chi connectivity index (χ2n) is 5.31. The number of rotatable bonds is 6. The van der Waals surface area contributed by atoms with Gasteiger partial charge < -0.3 is 15.2 Å². The first-order chi connectivity index (χ1) is 9.45. The number of amides is 3. The normalized spacial score (nSPS) is 17.8. The van der Waals surface area contributed by atoms with Crippen LogP contribution in [0.5, 0.6) is 0 Å². The molecule has 0 atom stereocenters. The largest absolute Gasteiger partial charge is 0.388 e. The SMILES string of the molecule is CCCNC(=O)NC(=O)CN(C)CC1(O)CCOCC1. The van der Waals surface area contributed by atoms with Crippen LogP contribution >= 0.6 is 0 Å². The lowest BCUT2D eigenvalue weighted by Gasteiger charge is -2.35. The molecule has 0 aromatic carbocycles. The number of hydrogen-bond donors (Lipinski definition) is 3. The lowest BCUT2D eigenvalue weighted by Crippen LogP contribution is -2.49. The monoisotopic (exact) mass is 287 g/mol. The average molecular weight is 287 g/mol. The van der Waals surface area contributed by atoms with Gasteiger partial charge in [-0.2, -0.15) is 0 Å². The van der Waals surface area contributed by atoms with Crippen molar-refractivity contribution in [2.45, 2.75) is 31.8 Å². The van der Waals surface area contributed by atoms with Gasteiger partial charge >= 0.3 is 6.03 Å². The van der Waals surface area contributed by atoms with Crippen molar-refractivity contribution in [3.63, 3.8) is 0 Å². The first kappa shape index (κ1) is 16.9. The summed E-state index contributed by atoms with van der Waals surface area (Å²) in [5.41, 5.74) is -0.808. The van der Waals surface area contributed by atoms with Crippen molar-refractivity contribution in [2.75, 3.05) is 39.9 Å². The lowest BCUT2D eigenvalue weighted by atomic mass is 9.94. The zero-order valence-electron chi connectivity index (χ0n) is 12.3. The van der Waals surface area contributed by atoms with Gasteiger partial charge in [0.25, 0.3) is 0 Å². The molecule has 0 aromatic rings. The third kappa shape index (κ3) is 6.31. The van der Waals surface area contributed by atoms with E-state index in [-0.39, 0.29) is 12.5 Å². The number of urea groups is 1. The van der Waals surface area contributed by atoms with Gasteiger partial charge in [-0.1, -0.05) is 6.92 Å². The zero-order valence-corrected chi connectivity index (χ0v) is 12.3. The number of nitrogens with zero attached hydrogens (tertiary/aromatic N) is 1. The highest BCUT2D eigenvalue weighted by atomic mass is 16.5. The Labute approximate surface area is 119 Å². The molecule has 0 spiro atoms. The molecule has 3 N–H and O–H groups in total. The molecule has 1 aliphatic heterocycles. The Bertz CT molecular complexity index is 330. The number of likely N-dealkylation sites (N-methyl/N-ethyl adjacent to an activating group) is 1. The van der Waals surface area contributed by atoms with Crippen LogP contribution in [0.4, 0.5) is 4.79 Å². The van der Waals surface area contributed by atoms with Crippen LogP contribution < -0.4 is 10.6 Å². The van der Waals surface area contributed by atoms with Crippen molar-refractivity contribution >= 4 is 11.9 Å². The molecule has 0 aromatic heterocycles. The van der Waals surface area contributed by atoms with E-state index >= 15 is 0 Å². The van der Waals surface area contributed by atoms with Gasteiger partial charge in [-0.05, 0) is 13.5 Å². The highest BCUT2D eigenvalue weighted by Gasteiger charge is 2.31. The van der Waals surface area contributed by atoms with E-state index in [1.165, 1.54) is 0 Å². The average Bonchev–Trinajstić information content (AvgIpc) is 2.35. The maximum atomic E-state index is 11.7. The summed E-state index contributed by atoms with van der Waals surface area (Å²) < 4.78 is 5.21. The van der Waals surface area contributed by atoms with Crippen LogP contribution in [0.1, 0.15) is 26.2 Å². The molecule has 1 heterocycles. The fourth-order valence-corrected chi connectivity index (χ4v) is 2.16. The van der Waals surface area contributed by atoms with Crippen LogP contribution in [0.25, 0.3) is 0 Å². The van der Waals surface area contributed by atoms with Gasteiger partial charge in [0.1, 0.15) is 0 Å². The minimum absolute atomic E-state index is 0.0721. The van der Waals surface area contributed by atoms with Crippen molar-refractivity contribution in [1.82, 2.24) is 15.5 Å². The molecule has 0 saturated carbocycles. The maximum absolute atomic E-state index is 11.7. The minimum Gasteiger partial charge on any atom is -0.388 e. The van der Waals surface area contributed by atoms with E-state index in [4.69, 9.17) is 4.74 Å². The van der Waals surface area contributed by atoms with Gasteiger partial charge in [-0.15, -0.1) is 0 Å². The third-order valence-corrected chi connectivity index (χ3v) is 3.19. The number of ether oxygens (including phenoxy) is 1. The number of carbonyl (C=O) groups excluding carboxylic acids is 2. The molecule has 1 fully saturated rings. The predicted molar refractivity (Wildman–Crippen MR) is 74.3 cm³/mol. The highest BCUT2D eigenvalue weighted by molar-refractivity contribution is 5.95. The molecular formula is C13H25N3O4. The molecule has 7 nitrogen and oxygen atoms in total. The third-order valence-electron chi connectivity index (χ3n) is 3.19. The quantitative estimate of drug-likeness (QED) is 0.624. The standard InChI is InChI=1S/C13H25N3O4/c1-3-6-14-12(18)15-11(17)9-16(2)10-13(19)4-7-20-8-5-13/h19H,3-10H2,1-2H3,(H2,14,15,17,18). The summed E-state index contributed by atoms with van der Waals surface area (Å²) in [5.74, 6) is -0.378. The predicted octanol–water partition coefficient (Wildman–Crippen LogP) is -0.304. The summed E-state index contributed by atoms with van der Waals surface area (Å²) in [7, 11) is 1.75. The Morgan fingerprint density at radius 1 is 1.35 bits per heavy atom. The second kappa shape index (κ2) is 8.18. The number of nitrogens with one attached hydrogen (secondary N) is 2. The molecular weight excluding hydrogens is 262 g/mol. The zero-order chi connectivity index (χ0) is 15.0. The fraction of sp³-hybridized carbons (Fsp3) is 0.846. The van der Waals surface area contributed by atoms with Crippen LogP contribution in [0.3, 0.4) is 0 Å². The van der Waals surface area contributed by atoms with E-state index in [0.29, 0.717) is 39.1 Å². The van der Waals surface area contributed by atoms with Gasteiger partial charge in [-0.3, -0.25) is 15.0 Å². The van der Waals surface area contributed by atoms with Crippen molar-refractivity contribution in [1.29, 1.82) is 0 Å². The molecule has 0 bridgehead atoms. The Kier molecular flexibility index (Phi) is 6.90. The van der Waals surface area contributed by atoms with Crippen molar-refractivity contribution in [3.05, 3.63) is 0 Å². The summed E-state index contributed by atoms with van der Waals surface area (Å²) in [6.07, 6.45) is 1.95. The summed E-state index contributed by atoms with van der Waals surface area (Å²) in [5, 5.41) is 15.1. The van der Waals surface area contributed by atoms with E-state index in [9.17, 15) is 14.7 Å². The lowest BCUT2D eigenvalue weighted by molar-refractivity contribution is -0.122. The summed E-state index contributed by atoms with van der Waals surface area (Å²) in [6, 6.07) is -0.477. The number of hydrogen-bond acceptors (Lipinski definition) is 5. The van der Waals surface area contributed by atoms with Gasteiger partial charge in [-0.25, -0.2) is 4.79 Å². The topological polar surface area (TPSA) is 90.9 Å². The van der Waals surface area contributed by atoms with E-state index in [2.05, 4.69) is 10.6 Å². The molecule has 0 radical (unpaired) electrons. The molecule has 1 rings (SSSR count). The molecule has 7 heteroatoms. The summed E-state index contributed by atoms with van der Waals surface area (Å²) >= 11 is 0.